The molecule has 4 fully saturated rings. The molecule has 8 rings (SSSR count). The van der Waals surface area contributed by atoms with Gasteiger partial charge in [0.15, 0.2) is 0 Å². The first kappa shape index (κ1) is 30.9. The Balaban J connectivity index is 1.34. The first-order valence-electron chi connectivity index (χ1n) is 17.1. The summed E-state index contributed by atoms with van der Waals surface area (Å²) in [6.07, 6.45) is 6.78. The molecule has 5 atom stereocenters. The highest BCUT2D eigenvalue weighted by molar-refractivity contribution is 7.87. The van der Waals surface area contributed by atoms with Crippen molar-refractivity contribution < 1.29 is 22.7 Å². The number of nitrogens with zero attached hydrogens (tertiary/aromatic N) is 4. The van der Waals surface area contributed by atoms with Crippen molar-refractivity contribution in [3.05, 3.63) is 53.1 Å². The molecule has 2 saturated carbocycles. The zero-order valence-corrected chi connectivity index (χ0v) is 28.8. The van der Waals surface area contributed by atoms with Gasteiger partial charge >= 0.3 is 10.2 Å². The molecule has 0 spiro atoms. The normalized spacial score (nSPS) is 28.6. The Morgan fingerprint density at radius 2 is 1.79 bits per heavy atom. The van der Waals surface area contributed by atoms with Gasteiger partial charge < -0.3 is 14.2 Å². The first-order valence-corrected chi connectivity index (χ1v) is 18.5. The van der Waals surface area contributed by atoms with Crippen molar-refractivity contribution in [1.82, 2.24) is 23.4 Å². The fraction of sp³-hybridized carbons (Fsp3) is 0.556. The minimum absolute atomic E-state index is 0.0443. The molecule has 2 unspecified atom stereocenters. The van der Waals surface area contributed by atoms with Gasteiger partial charge in [0.25, 0.3) is 5.91 Å². The van der Waals surface area contributed by atoms with Gasteiger partial charge in [-0.2, -0.15) is 12.7 Å². The maximum atomic E-state index is 15.0. The molecule has 47 heavy (non-hydrogen) atoms. The number of ether oxygens (including phenoxy) is 1. The van der Waals surface area contributed by atoms with Crippen LogP contribution in [0.25, 0.3) is 22.2 Å². The predicted molar refractivity (Wildman–Crippen MR) is 181 cm³/mol. The third-order valence-electron chi connectivity index (χ3n) is 12.3. The number of amides is 2. The van der Waals surface area contributed by atoms with E-state index >= 15 is 0 Å². The Labute approximate surface area is 277 Å². The summed E-state index contributed by atoms with van der Waals surface area (Å²) in [5, 5.41) is 1.08. The highest BCUT2D eigenvalue weighted by Gasteiger charge is 2.71. The smallest absolute Gasteiger partial charge is 0.303 e. The first-order chi connectivity index (χ1) is 22.5. The minimum atomic E-state index is -3.97. The molecule has 1 aromatic heterocycles. The number of carbonyl (C=O) groups excluding carboxylic acids is 2. The molecular weight excluding hydrogens is 614 g/mol. The number of piperazine rings is 1. The average Bonchev–Trinajstić information content (AvgIpc) is 3.34. The Morgan fingerprint density at radius 3 is 2.45 bits per heavy atom. The van der Waals surface area contributed by atoms with Crippen LogP contribution < -0.4 is 9.46 Å². The van der Waals surface area contributed by atoms with Crippen molar-refractivity contribution in [2.24, 2.45) is 11.3 Å². The topological polar surface area (TPSA) is 104 Å². The van der Waals surface area contributed by atoms with E-state index in [2.05, 4.69) is 45.2 Å². The number of carbonyl (C=O) groups is 2. The Hall–Kier alpha value is -3.41. The Kier molecular flexibility index (Phi) is 7.10. The van der Waals surface area contributed by atoms with E-state index in [1.807, 2.05) is 18.2 Å². The highest BCUT2D eigenvalue weighted by Crippen LogP contribution is 2.70. The number of aromatic nitrogens is 1. The van der Waals surface area contributed by atoms with Gasteiger partial charge in [0.2, 0.25) is 5.91 Å². The number of likely N-dealkylation sites (tertiary alicyclic amines) is 2. The van der Waals surface area contributed by atoms with Crippen LogP contribution in [0.2, 0.25) is 0 Å². The summed E-state index contributed by atoms with van der Waals surface area (Å²) in [6, 6.07) is 12.6. The van der Waals surface area contributed by atoms with E-state index in [9.17, 15) is 18.0 Å². The fourth-order valence-corrected chi connectivity index (χ4v) is 10.2. The Morgan fingerprint density at radius 1 is 1.02 bits per heavy atom. The fourth-order valence-electron chi connectivity index (χ4n) is 9.64. The van der Waals surface area contributed by atoms with Gasteiger partial charge in [-0.1, -0.05) is 32.3 Å². The summed E-state index contributed by atoms with van der Waals surface area (Å²) >= 11 is 0. The molecule has 10 nitrogen and oxygen atoms in total. The molecule has 2 amide bonds. The summed E-state index contributed by atoms with van der Waals surface area (Å²) in [5.74, 6) is 0.880. The second kappa shape index (κ2) is 10.8. The summed E-state index contributed by atoms with van der Waals surface area (Å²) in [7, 11) is 2.66. The van der Waals surface area contributed by atoms with Gasteiger partial charge in [0, 0.05) is 73.8 Å². The summed E-state index contributed by atoms with van der Waals surface area (Å²) in [6.45, 7) is 4.41. The zero-order chi connectivity index (χ0) is 33.0. The number of hydrogen-bond acceptors (Lipinski definition) is 6. The van der Waals surface area contributed by atoms with Gasteiger partial charge in [-0.05, 0) is 79.6 Å². The number of fused-ring (bicyclic) bond motifs is 9. The van der Waals surface area contributed by atoms with Crippen LogP contribution in [0.4, 0.5) is 0 Å². The van der Waals surface area contributed by atoms with Crippen LogP contribution >= 0.6 is 0 Å². The molecular formula is C36H45N5O5S. The number of benzene rings is 2. The SMILES string of the molecule is COc1ccc2c(c1)[C@@H]1[C@H](C)[C@]1(C(=O)N1CC3CC1CN3C)Cn1c-2c(C2CCCCC2)c2ccc(C(=O)NS(=O)(=O)N(C)C)cc21. The van der Waals surface area contributed by atoms with Crippen molar-refractivity contribution in [3.8, 4) is 17.0 Å². The number of nitrogens with one attached hydrogen (secondary N) is 1. The predicted octanol–water partition coefficient (Wildman–Crippen LogP) is 4.55. The molecule has 2 bridgehead atoms. The number of hydrogen-bond donors (Lipinski definition) is 1. The van der Waals surface area contributed by atoms with Gasteiger partial charge in [-0.15, -0.1) is 0 Å². The van der Waals surface area contributed by atoms with Gasteiger partial charge in [-0.3, -0.25) is 14.5 Å². The second-order valence-corrected chi connectivity index (χ2v) is 16.7. The molecule has 1 N–H and O–H groups in total. The van der Waals surface area contributed by atoms with Crippen LogP contribution in [0, 0.1) is 11.3 Å². The van der Waals surface area contributed by atoms with Crippen molar-refractivity contribution in [3.63, 3.8) is 0 Å². The maximum absolute atomic E-state index is 15.0. The lowest BCUT2D eigenvalue weighted by Crippen LogP contribution is -2.50. The lowest BCUT2D eigenvalue weighted by atomic mass is 9.81. The molecule has 2 aliphatic carbocycles. The quantitative estimate of drug-likeness (QED) is 0.417. The van der Waals surface area contributed by atoms with Crippen LogP contribution in [-0.4, -0.2) is 92.3 Å². The Bertz CT molecular complexity index is 1910. The molecule has 3 aliphatic heterocycles. The molecule has 4 heterocycles. The molecule has 250 valence electrons. The van der Waals surface area contributed by atoms with Crippen LogP contribution in [0.3, 0.4) is 0 Å². The lowest BCUT2D eigenvalue weighted by Gasteiger charge is -2.35. The maximum Gasteiger partial charge on any atom is 0.303 e. The highest BCUT2D eigenvalue weighted by atomic mass is 32.2. The number of methoxy groups -OCH3 is 1. The summed E-state index contributed by atoms with van der Waals surface area (Å²) in [5.41, 5.74) is 5.26. The van der Waals surface area contributed by atoms with Crippen LogP contribution in [0.5, 0.6) is 5.75 Å². The van der Waals surface area contributed by atoms with Crippen LogP contribution in [-0.2, 0) is 21.5 Å². The van der Waals surface area contributed by atoms with Crippen molar-refractivity contribution in [1.29, 1.82) is 0 Å². The second-order valence-electron chi connectivity index (χ2n) is 14.8. The largest absolute Gasteiger partial charge is 0.497 e. The summed E-state index contributed by atoms with van der Waals surface area (Å²) < 4.78 is 36.5. The summed E-state index contributed by atoms with van der Waals surface area (Å²) in [4.78, 5) is 32.9. The number of likely N-dealkylation sites (N-methyl/N-ethyl adjacent to an activating group) is 1. The third kappa shape index (κ3) is 4.52. The van der Waals surface area contributed by atoms with Crippen molar-refractivity contribution in [2.75, 3.05) is 41.3 Å². The monoisotopic (exact) mass is 659 g/mol. The van der Waals surface area contributed by atoms with Gasteiger partial charge in [-0.25, -0.2) is 4.72 Å². The number of rotatable bonds is 6. The standard InChI is InChI=1S/C36H45N5O5S/c1-21-32-29-17-26(46-5)12-14-27(29)33-31(22-9-7-6-8-10-22)28-13-11-23(34(42)37-47(44,45)38(2)3)15-30(28)41(33)20-36(21,32)35(43)40-19-24-16-25(40)18-39(24)4/h11-15,17,21-22,24-25,32H,6-10,16,18-20H2,1-5H3,(H,37,42)/t21-,24?,25?,32-,36+/m0/s1. The molecule has 5 aliphatic rings. The van der Waals surface area contributed by atoms with E-state index < -0.39 is 21.5 Å². The van der Waals surface area contributed by atoms with E-state index in [0.29, 0.717) is 18.5 Å². The van der Waals surface area contributed by atoms with Crippen molar-refractivity contribution in [2.45, 2.75) is 75.9 Å². The van der Waals surface area contributed by atoms with E-state index in [1.54, 1.807) is 13.2 Å². The van der Waals surface area contributed by atoms with Crippen LogP contribution in [0.1, 0.15) is 78.8 Å². The molecule has 3 aromatic rings. The molecule has 11 heteroatoms. The average molecular weight is 660 g/mol. The molecule has 0 radical (unpaired) electrons. The zero-order valence-electron chi connectivity index (χ0n) is 28.0. The molecule has 2 saturated heterocycles. The molecule has 2 aromatic carbocycles. The minimum Gasteiger partial charge on any atom is -0.497 e. The van der Waals surface area contributed by atoms with Gasteiger partial charge in [0.1, 0.15) is 5.75 Å². The van der Waals surface area contributed by atoms with E-state index in [0.717, 1.165) is 64.6 Å². The van der Waals surface area contributed by atoms with E-state index in [4.69, 9.17) is 4.74 Å². The van der Waals surface area contributed by atoms with Crippen molar-refractivity contribution >= 4 is 32.9 Å². The third-order valence-corrected chi connectivity index (χ3v) is 13.7. The van der Waals surface area contributed by atoms with E-state index in [-0.39, 0.29) is 29.3 Å². The van der Waals surface area contributed by atoms with E-state index in [1.165, 1.54) is 44.5 Å². The van der Waals surface area contributed by atoms with Crippen LogP contribution in [0.15, 0.2) is 36.4 Å². The lowest BCUT2D eigenvalue weighted by molar-refractivity contribution is -0.140. The van der Waals surface area contributed by atoms with Gasteiger partial charge in [0.05, 0.1) is 18.2 Å².